The van der Waals surface area contributed by atoms with Crippen LogP contribution in [0.3, 0.4) is 0 Å². The molecule has 0 saturated carbocycles. The molecule has 0 spiro atoms. The van der Waals surface area contributed by atoms with E-state index in [1.165, 1.54) is 0 Å². The third kappa shape index (κ3) is 2.93. The number of aliphatic hydroxyl groups is 3. The topological polar surface area (TPSA) is 76.0 Å². The fourth-order valence-electron chi connectivity index (χ4n) is 2.28. The molecule has 0 aromatic rings. The van der Waals surface area contributed by atoms with Gasteiger partial charge in [-0.2, -0.15) is 0 Å². The first-order chi connectivity index (χ1) is 7.65. The maximum absolute atomic E-state index is 9.92. The number of rotatable bonds is 5. The van der Waals surface area contributed by atoms with Crippen LogP contribution in [0.4, 0.5) is 0 Å². The molecule has 0 aromatic carbocycles. The van der Waals surface area contributed by atoms with Crippen molar-refractivity contribution in [3.63, 3.8) is 0 Å². The molecule has 5 nitrogen and oxygen atoms in total. The summed E-state index contributed by atoms with van der Waals surface area (Å²) in [5.74, 6) is 0. The second-order valence-electron chi connectivity index (χ2n) is 4.47. The van der Waals surface area contributed by atoms with Gasteiger partial charge >= 0.3 is 0 Å². The van der Waals surface area contributed by atoms with Crippen LogP contribution in [0.2, 0.25) is 0 Å². The standard InChI is InChI=1S/C11H24N2O3/c1-3-4-5-13-6-8(12-2)10(15)11(16)9(13)7-14/h8-12,14-16H,3-7H2,1-2H3/t8-,9?,10+,11+/m0/s1. The van der Waals surface area contributed by atoms with Crippen molar-refractivity contribution in [3.05, 3.63) is 0 Å². The summed E-state index contributed by atoms with van der Waals surface area (Å²) < 4.78 is 0. The maximum Gasteiger partial charge on any atom is 0.0992 e. The number of aliphatic hydroxyl groups excluding tert-OH is 3. The van der Waals surface area contributed by atoms with Crippen LogP contribution in [0.1, 0.15) is 19.8 Å². The molecule has 5 heteroatoms. The van der Waals surface area contributed by atoms with Crippen LogP contribution in [0.15, 0.2) is 0 Å². The molecule has 1 aliphatic heterocycles. The van der Waals surface area contributed by atoms with Crippen LogP contribution in [0.5, 0.6) is 0 Å². The molecule has 0 aliphatic carbocycles. The second kappa shape index (κ2) is 6.51. The lowest BCUT2D eigenvalue weighted by molar-refractivity contribution is -0.104. The highest BCUT2D eigenvalue weighted by molar-refractivity contribution is 4.96. The van der Waals surface area contributed by atoms with Gasteiger partial charge in [-0.15, -0.1) is 0 Å². The first-order valence-corrected chi connectivity index (χ1v) is 6.04. The minimum atomic E-state index is -0.881. The highest BCUT2D eigenvalue weighted by Crippen LogP contribution is 2.19. The molecule has 1 unspecified atom stereocenters. The lowest BCUT2D eigenvalue weighted by atomic mass is 9.92. The van der Waals surface area contributed by atoms with Crippen LogP contribution >= 0.6 is 0 Å². The quantitative estimate of drug-likeness (QED) is 0.478. The predicted molar refractivity (Wildman–Crippen MR) is 62.2 cm³/mol. The van der Waals surface area contributed by atoms with Crippen molar-refractivity contribution in [2.24, 2.45) is 0 Å². The number of nitrogens with zero attached hydrogens (tertiary/aromatic N) is 1. The monoisotopic (exact) mass is 232 g/mol. The molecular weight excluding hydrogens is 208 g/mol. The Hall–Kier alpha value is -0.200. The van der Waals surface area contributed by atoms with E-state index < -0.39 is 12.2 Å². The van der Waals surface area contributed by atoms with E-state index in [9.17, 15) is 15.3 Å². The fourth-order valence-corrected chi connectivity index (χ4v) is 2.28. The van der Waals surface area contributed by atoms with Gasteiger partial charge in [0.1, 0.15) is 0 Å². The molecule has 0 aromatic heterocycles. The van der Waals surface area contributed by atoms with Gasteiger partial charge in [0.05, 0.1) is 24.9 Å². The molecule has 1 aliphatic rings. The lowest BCUT2D eigenvalue weighted by Crippen LogP contribution is -2.65. The third-order valence-electron chi connectivity index (χ3n) is 3.41. The van der Waals surface area contributed by atoms with E-state index in [0.717, 1.165) is 19.4 Å². The largest absolute Gasteiger partial charge is 0.395 e. The van der Waals surface area contributed by atoms with E-state index in [2.05, 4.69) is 17.1 Å². The summed E-state index contributed by atoms with van der Waals surface area (Å²) in [5.41, 5.74) is 0. The van der Waals surface area contributed by atoms with Crippen molar-refractivity contribution in [2.75, 3.05) is 26.7 Å². The van der Waals surface area contributed by atoms with Gasteiger partial charge in [-0.3, -0.25) is 4.90 Å². The molecule has 1 rings (SSSR count). The van der Waals surface area contributed by atoms with Crippen LogP contribution < -0.4 is 5.32 Å². The van der Waals surface area contributed by atoms with E-state index in [-0.39, 0.29) is 18.7 Å². The van der Waals surface area contributed by atoms with Crippen LogP contribution in [-0.4, -0.2) is 71.3 Å². The number of nitrogens with one attached hydrogen (secondary N) is 1. The van der Waals surface area contributed by atoms with Crippen molar-refractivity contribution in [1.82, 2.24) is 10.2 Å². The molecule has 1 saturated heterocycles. The van der Waals surface area contributed by atoms with Crippen molar-refractivity contribution in [1.29, 1.82) is 0 Å². The number of unbranched alkanes of at least 4 members (excludes halogenated alkanes) is 1. The Kier molecular flexibility index (Phi) is 5.64. The van der Waals surface area contributed by atoms with E-state index >= 15 is 0 Å². The Labute approximate surface area is 97.1 Å². The minimum Gasteiger partial charge on any atom is -0.395 e. The molecule has 4 N–H and O–H groups in total. The average molecular weight is 232 g/mol. The Bertz CT molecular complexity index is 204. The van der Waals surface area contributed by atoms with Crippen molar-refractivity contribution < 1.29 is 15.3 Å². The Morgan fingerprint density at radius 2 is 2.00 bits per heavy atom. The summed E-state index contributed by atoms with van der Waals surface area (Å²) in [4.78, 5) is 2.06. The van der Waals surface area contributed by atoms with E-state index in [1.54, 1.807) is 7.05 Å². The number of hydrogen-bond donors (Lipinski definition) is 4. The van der Waals surface area contributed by atoms with Gasteiger partial charge < -0.3 is 20.6 Å². The average Bonchev–Trinajstić information content (AvgIpc) is 2.30. The minimum absolute atomic E-state index is 0.113. The second-order valence-corrected chi connectivity index (χ2v) is 4.47. The molecule has 96 valence electrons. The molecule has 1 fully saturated rings. The highest BCUT2D eigenvalue weighted by Gasteiger charge is 2.40. The summed E-state index contributed by atoms with van der Waals surface area (Å²) in [6.45, 7) is 3.51. The third-order valence-corrected chi connectivity index (χ3v) is 3.41. The summed E-state index contributed by atoms with van der Waals surface area (Å²) in [5, 5.41) is 32.0. The maximum atomic E-state index is 9.92. The smallest absolute Gasteiger partial charge is 0.0992 e. The van der Waals surface area contributed by atoms with Gasteiger partial charge in [0.15, 0.2) is 0 Å². The van der Waals surface area contributed by atoms with Crippen LogP contribution in [-0.2, 0) is 0 Å². The molecule has 0 amide bonds. The molecule has 0 radical (unpaired) electrons. The number of likely N-dealkylation sites (N-methyl/N-ethyl adjacent to an activating group) is 1. The predicted octanol–water partition coefficient (Wildman–Crippen LogP) is -1.23. The van der Waals surface area contributed by atoms with Gasteiger partial charge in [0.25, 0.3) is 0 Å². The molecule has 1 heterocycles. The van der Waals surface area contributed by atoms with E-state index in [1.807, 2.05) is 0 Å². The first kappa shape index (κ1) is 13.9. The zero-order valence-corrected chi connectivity index (χ0v) is 10.1. The van der Waals surface area contributed by atoms with Gasteiger partial charge in [-0.1, -0.05) is 13.3 Å². The Balaban J connectivity index is 2.65. The highest BCUT2D eigenvalue weighted by atomic mass is 16.3. The van der Waals surface area contributed by atoms with E-state index in [0.29, 0.717) is 6.54 Å². The number of hydrogen-bond acceptors (Lipinski definition) is 5. The number of likely N-dealkylation sites (tertiary alicyclic amines) is 1. The van der Waals surface area contributed by atoms with Gasteiger partial charge in [0, 0.05) is 12.6 Å². The van der Waals surface area contributed by atoms with E-state index in [4.69, 9.17) is 0 Å². The number of piperidine rings is 1. The Morgan fingerprint density at radius 3 is 2.50 bits per heavy atom. The van der Waals surface area contributed by atoms with Crippen molar-refractivity contribution in [3.8, 4) is 0 Å². The van der Waals surface area contributed by atoms with Gasteiger partial charge in [-0.05, 0) is 20.0 Å². The SMILES string of the molecule is CCCCN1C[C@H](NC)[C@@H](O)[C@H](O)C1CO. The van der Waals surface area contributed by atoms with Crippen LogP contribution in [0, 0.1) is 0 Å². The normalized spacial score (nSPS) is 36.6. The van der Waals surface area contributed by atoms with Crippen LogP contribution in [0.25, 0.3) is 0 Å². The molecule has 16 heavy (non-hydrogen) atoms. The first-order valence-electron chi connectivity index (χ1n) is 6.04. The molecule has 4 atom stereocenters. The fraction of sp³-hybridized carbons (Fsp3) is 1.00. The molecular formula is C11H24N2O3. The summed E-state index contributed by atoms with van der Waals surface area (Å²) >= 11 is 0. The van der Waals surface area contributed by atoms with Crippen molar-refractivity contribution in [2.45, 2.75) is 44.1 Å². The molecule has 0 bridgehead atoms. The van der Waals surface area contributed by atoms with Crippen molar-refractivity contribution >= 4 is 0 Å². The van der Waals surface area contributed by atoms with Gasteiger partial charge in [0.2, 0.25) is 0 Å². The summed E-state index contributed by atoms with van der Waals surface area (Å²) in [7, 11) is 1.78. The van der Waals surface area contributed by atoms with Gasteiger partial charge in [-0.25, -0.2) is 0 Å². The lowest BCUT2D eigenvalue weighted by Gasteiger charge is -2.44. The zero-order chi connectivity index (χ0) is 12.1. The summed E-state index contributed by atoms with van der Waals surface area (Å²) in [6.07, 6.45) is 0.431. The Morgan fingerprint density at radius 1 is 1.31 bits per heavy atom. The zero-order valence-electron chi connectivity index (χ0n) is 10.1. The summed E-state index contributed by atoms with van der Waals surface area (Å²) in [6, 6.07) is -0.471.